The van der Waals surface area contributed by atoms with Crippen LogP contribution in [0.15, 0.2) is 24.3 Å². The molecule has 1 heterocycles. The van der Waals surface area contributed by atoms with Crippen LogP contribution in [0.2, 0.25) is 0 Å². The molecule has 0 spiro atoms. The minimum atomic E-state index is -1.06. The first kappa shape index (κ1) is 27.1. The molecule has 188 valence electrons. The van der Waals surface area contributed by atoms with E-state index in [2.05, 4.69) is 10.6 Å². The van der Waals surface area contributed by atoms with Crippen molar-refractivity contribution in [2.75, 3.05) is 6.54 Å². The van der Waals surface area contributed by atoms with Crippen molar-refractivity contribution in [3.05, 3.63) is 29.8 Å². The van der Waals surface area contributed by atoms with Gasteiger partial charge in [0.05, 0.1) is 6.04 Å². The summed E-state index contributed by atoms with van der Waals surface area (Å²) in [6, 6.07) is 2.67. The first-order valence-corrected chi connectivity index (χ1v) is 11.6. The lowest BCUT2D eigenvalue weighted by atomic mass is 9.98. The number of carboxylic acids is 1. The van der Waals surface area contributed by atoms with Crippen molar-refractivity contribution < 1.29 is 29.4 Å². The number of nitrogens with one attached hydrogen (secondary N) is 2. The number of amides is 3. The quantitative estimate of drug-likeness (QED) is 0.330. The molecular weight excluding hydrogens is 440 g/mol. The van der Waals surface area contributed by atoms with E-state index in [0.717, 1.165) is 5.56 Å². The summed E-state index contributed by atoms with van der Waals surface area (Å²) in [4.78, 5) is 51.7. The topological polar surface area (TPSA) is 162 Å². The molecule has 1 fully saturated rings. The molecule has 0 saturated carbocycles. The fraction of sp³-hybridized carbons (Fsp3) is 0.583. The molecule has 1 aromatic rings. The van der Waals surface area contributed by atoms with Gasteiger partial charge in [0, 0.05) is 6.54 Å². The molecule has 1 aliphatic heterocycles. The predicted octanol–water partition coefficient (Wildman–Crippen LogP) is 0.619. The van der Waals surface area contributed by atoms with E-state index in [-0.39, 0.29) is 24.0 Å². The number of phenols is 1. The van der Waals surface area contributed by atoms with Crippen LogP contribution < -0.4 is 16.4 Å². The highest BCUT2D eigenvalue weighted by Crippen LogP contribution is 2.20. The third kappa shape index (κ3) is 6.93. The molecule has 0 aliphatic carbocycles. The number of hydrogen-bond donors (Lipinski definition) is 5. The van der Waals surface area contributed by atoms with Gasteiger partial charge in [0.1, 0.15) is 23.9 Å². The Bertz CT molecular complexity index is 886. The Morgan fingerprint density at radius 2 is 1.56 bits per heavy atom. The number of carboxylic acid groups (broad SMARTS) is 1. The summed E-state index contributed by atoms with van der Waals surface area (Å²) in [5.41, 5.74) is 6.80. The number of carbonyl (C=O) groups is 4. The molecule has 4 unspecified atom stereocenters. The van der Waals surface area contributed by atoms with Gasteiger partial charge in [0.2, 0.25) is 17.7 Å². The number of likely N-dealkylation sites (tertiary alicyclic amines) is 1. The summed E-state index contributed by atoms with van der Waals surface area (Å²) >= 11 is 0. The molecular formula is C24H36N4O6. The average molecular weight is 477 g/mol. The van der Waals surface area contributed by atoms with E-state index in [0.29, 0.717) is 19.4 Å². The molecule has 0 radical (unpaired) electrons. The Kier molecular flexibility index (Phi) is 9.43. The third-order valence-corrected chi connectivity index (χ3v) is 6.03. The van der Waals surface area contributed by atoms with Crippen molar-refractivity contribution in [3.63, 3.8) is 0 Å². The smallest absolute Gasteiger partial charge is 0.326 e. The third-order valence-electron chi connectivity index (χ3n) is 6.03. The highest BCUT2D eigenvalue weighted by molar-refractivity contribution is 5.94. The van der Waals surface area contributed by atoms with Gasteiger partial charge in [0.15, 0.2) is 0 Å². The van der Waals surface area contributed by atoms with Gasteiger partial charge in [-0.05, 0) is 48.8 Å². The number of rotatable bonds is 10. The summed E-state index contributed by atoms with van der Waals surface area (Å²) in [5.74, 6) is -3.01. The maximum atomic E-state index is 13.1. The Balaban J connectivity index is 2.07. The number of carbonyl (C=O) groups excluding carboxylic acids is 3. The van der Waals surface area contributed by atoms with Crippen LogP contribution in [0, 0.1) is 11.8 Å². The van der Waals surface area contributed by atoms with Crippen molar-refractivity contribution in [2.45, 2.75) is 71.1 Å². The van der Waals surface area contributed by atoms with Crippen LogP contribution in [0.3, 0.4) is 0 Å². The van der Waals surface area contributed by atoms with E-state index in [1.165, 1.54) is 17.0 Å². The molecule has 34 heavy (non-hydrogen) atoms. The van der Waals surface area contributed by atoms with Crippen LogP contribution in [-0.2, 0) is 25.6 Å². The molecule has 4 atom stereocenters. The Labute approximate surface area is 199 Å². The molecule has 3 amide bonds. The second-order valence-corrected chi connectivity index (χ2v) is 9.47. The monoisotopic (exact) mass is 476 g/mol. The van der Waals surface area contributed by atoms with Crippen molar-refractivity contribution in [3.8, 4) is 5.75 Å². The van der Waals surface area contributed by atoms with Gasteiger partial charge in [0.25, 0.3) is 0 Å². The summed E-state index contributed by atoms with van der Waals surface area (Å²) in [7, 11) is 0. The van der Waals surface area contributed by atoms with Crippen molar-refractivity contribution >= 4 is 23.7 Å². The van der Waals surface area contributed by atoms with E-state index >= 15 is 0 Å². The predicted molar refractivity (Wildman–Crippen MR) is 126 cm³/mol. The van der Waals surface area contributed by atoms with Crippen molar-refractivity contribution in [2.24, 2.45) is 17.6 Å². The van der Waals surface area contributed by atoms with E-state index in [9.17, 15) is 29.4 Å². The van der Waals surface area contributed by atoms with Crippen LogP contribution in [-0.4, -0.2) is 69.5 Å². The lowest BCUT2D eigenvalue weighted by molar-refractivity contribution is -0.150. The van der Waals surface area contributed by atoms with Gasteiger partial charge in [-0.3, -0.25) is 14.4 Å². The fourth-order valence-electron chi connectivity index (χ4n) is 4.00. The average Bonchev–Trinajstić information content (AvgIpc) is 3.26. The lowest BCUT2D eigenvalue weighted by Gasteiger charge is -2.31. The number of nitrogens with zero attached hydrogens (tertiary/aromatic N) is 1. The fourth-order valence-corrected chi connectivity index (χ4v) is 4.00. The molecule has 10 heteroatoms. The number of hydrogen-bond acceptors (Lipinski definition) is 6. The largest absolute Gasteiger partial charge is 0.508 e. The molecule has 2 rings (SSSR count). The highest BCUT2D eigenvalue weighted by Gasteiger charge is 2.39. The van der Waals surface area contributed by atoms with E-state index < -0.39 is 47.9 Å². The van der Waals surface area contributed by atoms with Crippen LogP contribution >= 0.6 is 0 Å². The van der Waals surface area contributed by atoms with E-state index in [4.69, 9.17) is 5.73 Å². The standard InChI is InChI=1S/C24H36N4O6/c1-13(2)19(26-21(30)17(25)12-15-7-9-16(29)10-8-15)22(31)27-20(14(3)4)23(32)28-11-5-6-18(28)24(33)34/h7-10,13-14,17-20,29H,5-6,11-12,25H2,1-4H3,(H,26,30)(H,27,31)(H,33,34). The van der Waals surface area contributed by atoms with Crippen molar-refractivity contribution in [1.82, 2.24) is 15.5 Å². The number of benzene rings is 1. The van der Waals surface area contributed by atoms with Gasteiger partial charge in [-0.2, -0.15) is 0 Å². The van der Waals surface area contributed by atoms with Crippen LogP contribution in [0.5, 0.6) is 5.75 Å². The summed E-state index contributed by atoms with van der Waals surface area (Å²) in [6.45, 7) is 7.40. The second-order valence-electron chi connectivity index (χ2n) is 9.47. The van der Waals surface area contributed by atoms with E-state index in [1.54, 1.807) is 39.8 Å². The Morgan fingerprint density at radius 1 is 1.00 bits per heavy atom. The SMILES string of the molecule is CC(C)C(NC(=O)C(N)Cc1ccc(O)cc1)C(=O)NC(C(=O)N1CCCC1C(=O)O)C(C)C. The van der Waals surface area contributed by atoms with Crippen LogP contribution in [0.4, 0.5) is 0 Å². The van der Waals surface area contributed by atoms with Crippen LogP contribution in [0.1, 0.15) is 46.1 Å². The molecule has 10 nitrogen and oxygen atoms in total. The first-order valence-electron chi connectivity index (χ1n) is 11.6. The maximum Gasteiger partial charge on any atom is 0.326 e. The molecule has 1 aliphatic rings. The molecule has 0 aromatic heterocycles. The minimum Gasteiger partial charge on any atom is -0.508 e. The van der Waals surface area contributed by atoms with E-state index in [1.807, 2.05) is 0 Å². The van der Waals surface area contributed by atoms with Crippen molar-refractivity contribution in [1.29, 1.82) is 0 Å². The normalized spacial score (nSPS) is 18.4. The highest BCUT2D eigenvalue weighted by atomic mass is 16.4. The zero-order chi connectivity index (χ0) is 25.6. The zero-order valence-corrected chi connectivity index (χ0v) is 20.2. The first-order chi connectivity index (χ1) is 15.9. The number of phenolic OH excluding ortho intramolecular Hbond substituents is 1. The molecule has 0 bridgehead atoms. The summed E-state index contributed by atoms with van der Waals surface area (Å²) in [6.07, 6.45) is 1.19. The summed E-state index contributed by atoms with van der Waals surface area (Å²) in [5, 5.41) is 24.2. The molecule has 1 saturated heterocycles. The van der Waals surface area contributed by atoms with Gasteiger partial charge in [-0.15, -0.1) is 0 Å². The molecule has 1 aromatic carbocycles. The van der Waals surface area contributed by atoms with Gasteiger partial charge >= 0.3 is 5.97 Å². The lowest BCUT2D eigenvalue weighted by Crippen LogP contribution is -2.59. The zero-order valence-electron chi connectivity index (χ0n) is 20.2. The second kappa shape index (κ2) is 11.8. The Hall–Kier alpha value is -3.14. The maximum absolute atomic E-state index is 13.1. The minimum absolute atomic E-state index is 0.108. The van der Waals surface area contributed by atoms with Gasteiger partial charge < -0.3 is 31.5 Å². The number of aliphatic carboxylic acids is 1. The van der Waals surface area contributed by atoms with Crippen LogP contribution in [0.25, 0.3) is 0 Å². The number of aromatic hydroxyl groups is 1. The summed E-state index contributed by atoms with van der Waals surface area (Å²) < 4.78 is 0. The Morgan fingerprint density at radius 3 is 2.09 bits per heavy atom. The van der Waals surface area contributed by atoms with Gasteiger partial charge in [-0.25, -0.2) is 4.79 Å². The molecule has 6 N–H and O–H groups in total. The van der Waals surface area contributed by atoms with Gasteiger partial charge in [-0.1, -0.05) is 39.8 Å². The number of nitrogens with two attached hydrogens (primary N) is 1.